The van der Waals surface area contributed by atoms with Crippen LogP contribution >= 0.6 is 11.3 Å². The highest BCUT2D eigenvalue weighted by molar-refractivity contribution is 7.08. The summed E-state index contributed by atoms with van der Waals surface area (Å²) in [7, 11) is 0. The van der Waals surface area contributed by atoms with E-state index in [1.54, 1.807) is 0 Å². The number of benzene rings is 1. The minimum atomic E-state index is -0.578. The second-order valence-electron chi connectivity index (χ2n) is 4.94. The molecule has 0 atom stereocenters. The van der Waals surface area contributed by atoms with Crippen molar-refractivity contribution in [1.82, 2.24) is 9.78 Å². The van der Waals surface area contributed by atoms with Gasteiger partial charge in [-0.2, -0.15) is 10.4 Å². The molecule has 98 valence electrons. The van der Waals surface area contributed by atoms with Gasteiger partial charge in [-0.1, -0.05) is 35.6 Å². The monoisotopic (exact) mass is 273 g/mol. The average Bonchev–Trinajstić information content (AvgIpc) is 2.68. The zero-order valence-corrected chi connectivity index (χ0v) is 12.0. The molecule has 1 heterocycles. The van der Waals surface area contributed by atoms with E-state index in [1.807, 2.05) is 45.0 Å². The quantitative estimate of drug-likeness (QED) is 0.863. The molecular formula is C14H15N3OS. The SMILES string of the molecule is Cc1nn(Cc2ccccc2C(C)(C)C#N)c(=O)s1. The molecular weight excluding hydrogens is 258 g/mol. The van der Waals surface area contributed by atoms with Gasteiger partial charge in [-0.25, -0.2) is 4.68 Å². The van der Waals surface area contributed by atoms with E-state index >= 15 is 0 Å². The summed E-state index contributed by atoms with van der Waals surface area (Å²) >= 11 is 1.14. The Bertz CT molecular complexity index is 691. The van der Waals surface area contributed by atoms with Gasteiger partial charge in [-0.05, 0) is 31.9 Å². The summed E-state index contributed by atoms with van der Waals surface area (Å²) in [6.45, 7) is 5.97. The molecule has 0 saturated carbocycles. The third-order valence-electron chi connectivity index (χ3n) is 3.00. The average molecular weight is 273 g/mol. The molecule has 0 aliphatic heterocycles. The van der Waals surface area contributed by atoms with Gasteiger partial charge >= 0.3 is 4.87 Å². The van der Waals surface area contributed by atoms with Crippen LogP contribution in [0.3, 0.4) is 0 Å². The Labute approximate surface area is 115 Å². The lowest BCUT2D eigenvalue weighted by Crippen LogP contribution is -2.21. The molecule has 0 bridgehead atoms. The van der Waals surface area contributed by atoms with Gasteiger partial charge in [0.2, 0.25) is 0 Å². The van der Waals surface area contributed by atoms with Crippen molar-refractivity contribution in [3.63, 3.8) is 0 Å². The van der Waals surface area contributed by atoms with Crippen LogP contribution in [0.2, 0.25) is 0 Å². The lowest BCUT2D eigenvalue weighted by Gasteiger charge is -2.19. The summed E-state index contributed by atoms with van der Waals surface area (Å²) in [6.07, 6.45) is 0. The Hall–Kier alpha value is -1.93. The smallest absolute Gasteiger partial charge is 0.255 e. The van der Waals surface area contributed by atoms with Crippen molar-refractivity contribution in [2.24, 2.45) is 0 Å². The number of hydrogen-bond donors (Lipinski definition) is 0. The van der Waals surface area contributed by atoms with Crippen LogP contribution in [0, 0.1) is 18.3 Å². The number of rotatable bonds is 3. The van der Waals surface area contributed by atoms with Gasteiger partial charge in [0.05, 0.1) is 18.0 Å². The number of hydrogen-bond acceptors (Lipinski definition) is 4. The van der Waals surface area contributed by atoms with Gasteiger partial charge in [0.25, 0.3) is 0 Å². The van der Waals surface area contributed by atoms with E-state index < -0.39 is 5.41 Å². The van der Waals surface area contributed by atoms with Gasteiger partial charge in [-0.3, -0.25) is 4.79 Å². The largest absolute Gasteiger partial charge is 0.325 e. The Morgan fingerprint density at radius 2 is 2.11 bits per heavy atom. The molecule has 0 fully saturated rings. The van der Waals surface area contributed by atoms with Gasteiger partial charge < -0.3 is 0 Å². The molecule has 1 aromatic heterocycles. The highest BCUT2D eigenvalue weighted by Gasteiger charge is 2.23. The van der Waals surface area contributed by atoms with Crippen LogP contribution in [-0.4, -0.2) is 9.78 Å². The van der Waals surface area contributed by atoms with Crippen molar-refractivity contribution < 1.29 is 0 Å². The summed E-state index contributed by atoms with van der Waals surface area (Å²) in [5.74, 6) is 0. The van der Waals surface area contributed by atoms with Crippen molar-refractivity contribution in [3.8, 4) is 6.07 Å². The van der Waals surface area contributed by atoms with Crippen molar-refractivity contribution in [1.29, 1.82) is 5.26 Å². The van der Waals surface area contributed by atoms with Gasteiger partial charge in [0, 0.05) is 0 Å². The maximum absolute atomic E-state index is 11.7. The fourth-order valence-corrected chi connectivity index (χ4v) is 2.60. The molecule has 0 spiro atoms. The molecule has 0 N–H and O–H groups in total. The van der Waals surface area contributed by atoms with E-state index in [1.165, 1.54) is 4.68 Å². The zero-order chi connectivity index (χ0) is 14.0. The van der Waals surface area contributed by atoms with E-state index in [2.05, 4.69) is 11.2 Å². The molecule has 2 rings (SSSR count). The second-order valence-corrected chi connectivity index (χ2v) is 6.08. The molecule has 0 aliphatic carbocycles. The van der Waals surface area contributed by atoms with Gasteiger partial charge in [0.1, 0.15) is 5.01 Å². The molecule has 19 heavy (non-hydrogen) atoms. The Morgan fingerprint density at radius 1 is 1.42 bits per heavy atom. The first-order chi connectivity index (χ1) is 8.94. The lowest BCUT2D eigenvalue weighted by molar-refractivity contribution is 0.625. The van der Waals surface area contributed by atoms with Crippen molar-refractivity contribution >= 4 is 11.3 Å². The molecule has 0 amide bonds. The van der Waals surface area contributed by atoms with Crippen LogP contribution in [-0.2, 0) is 12.0 Å². The van der Waals surface area contributed by atoms with Crippen LogP contribution in [0.1, 0.15) is 30.0 Å². The van der Waals surface area contributed by atoms with Gasteiger partial charge in [0.15, 0.2) is 0 Å². The molecule has 0 unspecified atom stereocenters. The van der Waals surface area contributed by atoms with Crippen LogP contribution in [0.15, 0.2) is 29.1 Å². The molecule has 0 radical (unpaired) electrons. The maximum Gasteiger partial charge on any atom is 0.325 e. The van der Waals surface area contributed by atoms with E-state index in [-0.39, 0.29) is 4.87 Å². The molecule has 5 heteroatoms. The molecule has 0 aliphatic rings. The van der Waals surface area contributed by atoms with Crippen LogP contribution < -0.4 is 4.87 Å². The first kappa shape index (κ1) is 13.5. The number of aromatic nitrogens is 2. The van der Waals surface area contributed by atoms with E-state index in [0.717, 1.165) is 27.5 Å². The number of aryl methyl sites for hydroxylation is 1. The summed E-state index contributed by atoms with van der Waals surface area (Å²) in [5, 5.41) is 14.2. The van der Waals surface area contributed by atoms with Crippen molar-refractivity contribution in [2.45, 2.75) is 32.7 Å². The summed E-state index contributed by atoms with van der Waals surface area (Å²) in [4.78, 5) is 11.7. The predicted octanol–water partition coefficient (Wildman–Crippen LogP) is 2.46. The Balaban J connectivity index is 2.45. The summed E-state index contributed by atoms with van der Waals surface area (Å²) in [5.41, 5.74) is 1.32. The minimum Gasteiger partial charge on any atom is -0.255 e. The van der Waals surface area contributed by atoms with Gasteiger partial charge in [-0.15, -0.1) is 0 Å². The Morgan fingerprint density at radius 3 is 2.68 bits per heavy atom. The zero-order valence-electron chi connectivity index (χ0n) is 11.2. The normalized spacial score (nSPS) is 11.3. The predicted molar refractivity (Wildman–Crippen MR) is 75.3 cm³/mol. The fraction of sp³-hybridized carbons (Fsp3) is 0.357. The second kappa shape index (κ2) is 4.98. The van der Waals surface area contributed by atoms with Crippen LogP contribution in [0.5, 0.6) is 0 Å². The summed E-state index contributed by atoms with van der Waals surface area (Å²) < 4.78 is 1.45. The first-order valence-corrected chi connectivity index (χ1v) is 6.80. The Kier molecular flexibility index (Phi) is 3.54. The minimum absolute atomic E-state index is 0.0675. The molecule has 2 aromatic rings. The number of nitriles is 1. The molecule has 4 nitrogen and oxygen atoms in total. The van der Waals surface area contributed by atoms with Crippen molar-refractivity contribution in [3.05, 3.63) is 50.1 Å². The lowest BCUT2D eigenvalue weighted by atomic mass is 9.83. The standard InChI is InChI=1S/C14H15N3OS/c1-10-16-17(13(18)19-10)8-11-6-4-5-7-12(11)14(2,3)9-15/h4-7H,8H2,1-3H3. The first-order valence-electron chi connectivity index (χ1n) is 5.98. The highest BCUT2D eigenvalue weighted by atomic mass is 32.1. The van der Waals surface area contributed by atoms with Crippen LogP contribution in [0.25, 0.3) is 0 Å². The summed E-state index contributed by atoms with van der Waals surface area (Å²) in [6, 6.07) is 9.99. The third kappa shape index (κ3) is 2.74. The van der Waals surface area contributed by atoms with E-state index in [9.17, 15) is 10.1 Å². The molecule has 0 saturated heterocycles. The highest BCUT2D eigenvalue weighted by Crippen LogP contribution is 2.26. The van der Waals surface area contributed by atoms with Crippen LogP contribution in [0.4, 0.5) is 0 Å². The maximum atomic E-state index is 11.7. The van der Waals surface area contributed by atoms with E-state index in [4.69, 9.17) is 0 Å². The number of nitrogens with zero attached hydrogens (tertiary/aromatic N) is 3. The third-order valence-corrected chi connectivity index (χ3v) is 3.76. The van der Waals surface area contributed by atoms with Crippen molar-refractivity contribution in [2.75, 3.05) is 0 Å². The topological polar surface area (TPSA) is 58.7 Å². The molecule has 1 aromatic carbocycles. The fourth-order valence-electron chi connectivity index (χ4n) is 2.00. The van der Waals surface area contributed by atoms with E-state index in [0.29, 0.717) is 6.54 Å².